The average Bonchev–Trinajstić information content (AvgIpc) is 2.67. The Bertz CT molecular complexity index is 284. The molecule has 70 valence electrons. The first-order valence-corrected chi connectivity index (χ1v) is 5.03. The van der Waals surface area contributed by atoms with Gasteiger partial charge in [-0.1, -0.05) is 19.3 Å². The summed E-state index contributed by atoms with van der Waals surface area (Å²) in [4.78, 5) is 10.5. The van der Waals surface area contributed by atoms with Gasteiger partial charge in [-0.15, -0.1) is 0 Å². The number of carbonyl (C=O) groups is 1. The number of aromatic nitrogens is 1. The molecule has 2 rings (SSSR count). The average molecular weight is 177 g/mol. The van der Waals surface area contributed by atoms with E-state index in [1.54, 1.807) is 0 Å². The third kappa shape index (κ3) is 1.82. The second kappa shape index (κ2) is 3.77. The van der Waals surface area contributed by atoms with Crippen LogP contribution in [0.4, 0.5) is 0 Å². The summed E-state index contributed by atoms with van der Waals surface area (Å²) < 4.78 is 2.20. The Labute approximate surface area is 78.6 Å². The fourth-order valence-corrected chi connectivity index (χ4v) is 2.11. The van der Waals surface area contributed by atoms with Crippen molar-refractivity contribution in [1.82, 2.24) is 4.57 Å². The quantitative estimate of drug-likeness (QED) is 0.637. The first-order valence-electron chi connectivity index (χ1n) is 5.03. The van der Waals surface area contributed by atoms with Gasteiger partial charge in [0.25, 0.3) is 0 Å². The lowest BCUT2D eigenvalue weighted by Crippen LogP contribution is -2.10. The minimum atomic E-state index is 0.641. The van der Waals surface area contributed by atoms with Gasteiger partial charge in [0, 0.05) is 24.0 Å². The molecule has 0 aromatic carbocycles. The van der Waals surface area contributed by atoms with E-state index in [0.29, 0.717) is 6.04 Å². The van der Waals surface area contributed by atoms with Gasteiger partial charge in [-0.2, -0.15) is 0 Å². The van der Waals surface area contributed by atoms with Crippen LogP contribution in [0.3, 0.4) is 0 Å². The van der Waals surface area contributed by atoms with Crippen LogP contribution in [0, 0.1) is 0 Å². The lowest BCUT2D eigenvalue weighted by atomic mass is 9.95. The molecule has 0 atom stereocenters. The van der Waals surface area contributed by atoms with Gasteiger partial charge in [-0.3, -0.25) is 4.79 Å². The maximum atomic E-state index is 10.5. The summed E-state index contributed by atoms with van der Waals surface area (Å²) in [5.41, 5.74) is 0.797. The smallest absolute Gasteiger partial charge is 0.151 e. The summed E-state index contributed by atoms with van der Waals surface area (Å²) in [6.45, 7) is 0. The number of hydrogen-bond acceptors (Lipinski definition) is 1. The molecule has 0 aliphatic heterocycles. The van der Waals surface area contributed by atoms with Gasteiger partial charge in [-0.25, -0.2) is 0 Å². The Morgan fingerprint density at radius 3 is 2.69 bits per heavy atom. The van der Waals surface area contributed by atoms with Crippen molar-refractivity contribution in [3.8, 4) is 0 Å². The Balaban J connectivity index is 2.09. The summed E-state index contributed by atoms with van der Waals surface area (Å²) in [7, 11) is 0. The highest BCUT2D eigenvalue weighted by atomic mass is 16.1. The predicted octanol–water partition coefficient (Wildman–Crippen LogP) is 2.81. The van der Waals surface area contributed by atoms with E-state index in [-0.39, 0.29) is 0 Å². The molecule has 0 radical (unpaired) electrons. The van der Waals surface area contributed by atoms with Gasteiger partial charge in [0.1, 0.15) is 0 Å². The second-order valence-corrected chi connectivity index (χ2v) is 3.80. The molecule has 1 aromatic rings. The maximum absolute atomic E-state index is 10.5. The zero-order valence-corrected chi connectivity index (χ0v) is 7.78. The number of aldehydes is 1. The Morgan fingerprint density at radius 1 is 1.31 bits per heavy atom. The van der Waals surface area contributed by atoms with Gasteiger partial charge in [-0.05, 0) is 18.9 Å². The standard InChI is InChI=1S/C11H15NO/c13-9-10-6-7-12(8-10)11-4-2-1-3-5-11/h6-9,11H,1-5H2. The molecule has 0 amide bonds. The molecular formula is C11H15NO. The van der Waals surface area contributed by atoms with Crippen LogP contribution in [0.15, 0.2) is 18.5 Å². The molecule has 0 bridgehead atoms. The van der Waals surface area contributed by atoms with Crippen molar-refractivity contribution < 1.29 is 4.79 Å². The lowest BCUT2D eigenvalue weighted by molar-refractivity contribution is 0.112. The van der Waals surface area contributed by atoms with E-state index in [4.69, 9.17) is 0 Å². The third-order valence-electron chi connectivity index (χ3n) is 2.87. The van der Waals surface area contributed by atoms with E-state index in [9.17, 15) is 4.79 Å². The minimum absolute atomic E-state index is 0.641. The van der Waals surface area contributed by atoms with E-state index in [1.165, 1.54) is 32.1 Å². The molecule has 0 unspecified atom stereocenters. The van der Waals surface area contributed by atoms with Crippen molar-refractivity contribution >= 4 is 6.29 Å². The van der Waals surface area contributed by atoms with Gasteiger partial charge in [0.05, 0.1) is 0 Å². The second-order valence-electron chi connectivity index (χ2n) is 3.80. The molecule has 0 N–H and O–H groups in total. The zero-order valence-electron chi connectivity index (χ0n) is 7.78. The molecule has 0 saturated heterocycles. The molecule has 2 nitrogen and oxygen atoms in total. The molecular weight excluding hydrogens is 162 g/mol. The van der Waals surface area contributed by atoms with Crippen molar-refractivity contribution in [3.05, 3.63) is 24.0 Å². The van der Waals surface area contributed by atoms with Crippen molar-refractivity contribution in [3.63, 3.8) is 0 Å². The van der Waals surface area contributed by atoms with Crippen molar-refractivity contribution in [2.45, 2.75) is 38.1 Å². The van der Waals surface area contributed by atoms with Crippen molar-refractivity contribution in [2.75, 3.05) is 0 Å². The van der Waals surface area contributed by atoms with Crippen LogP contribution in [0.25, 0.3) is 0 Å². The summed E-state index contributed by atoms with van der Waals surface area (Å²) in [5.74, 6) is 0. The summed E-state index contributed by atoms with van der Waals surface area (Å²) in [6, 6.07) is 2.53. The predicted molar refractivity (Wildman–Crippen MR) is 51.9 cm³/mol. The van der Waals surface area contributed by atoms with E-state index in [1.807, 2.05) is 18.5 Å². The van der Waals surface area contributed by atoms with E-state index < -0.39 is 0 Å². The Hall–Kier alpha value is -1.05. The first kappa shape index (κ1) is 8.54. The monoisotopic (exact) mass is 177 g/mol. The van der Waals surface area contributed by atoms with Crippen LogP contribution in [0.5, 0.6) is 0 Å². The van der Waals surface area contributed by atoms with Crippen molar-refractivity contribution in [2.24, 2.45) is 0 Å². The van der Waals surface area contributed by atoms with E-state index in [0.717, 1.165) is 11.8 Å². The van der Waals surface area contributed by atoms with E-state index in [2.05, 4.69) is 4.57 Å². The fourth-order valence-electron chi connectivity index (χ4n) is 2.11. The fraction of sp³-hybridized carbons (Fsp3) is 0.545. The van der Waals surface area contributed by atoms with Gasteiger partial charge < -0.3 is 4.57 Å². The normalized spacial score (nSPS) is 18.8. The van der Waals surface area contributed by atoms with Crippen LogP contribution >= 0.6 is 0 Å². The van der Waals surface area contributed by atoms with Crippen LogP contribution in [-0.2, 0) is 0 Å². The van der Waals surface area contributed by atoms with E-state index >= 15 is 0 Å². The zero-order chi connectivity index (χ0) is 9.10. The molecule has 1 aliphatic rings. The Morgan fingerprint density at radius 2 is 2.08 bits per heavy atom. The molecule has 1 fully saturated rings. The summed E-state index contributed by atoms with van der Waals surface area (Å²) in [5, 5.41) is 0. The summed E-state index contributed by atoms with van der Waals surface area (Å²) in [6.07, 6.45) is 11.5. The molecule has 1 aromatic heterocycles. The van der Waals surface area contributed by atoms with Crippen LogP contribution in [0.1, 0.15) is 48.5 Å². The molecule has 13 heavy (non-hydrogen) atoms. The highest BCUT2D eigenvalue weighted by Crippen LogP contribution is 2.28. The minimum Gasteiger partial charge on any atom is -0.351 e. The van der Waals surface area contributed by atoms with Crippen LogP contribution in [-0.4, -0.2) is 10.9 Å². The maximum Gasteiger partial charge on any atom is 0.151 e. The van der Waals surface area contributed by atoms with Gasteiger partial charge in [0.15, 0.2) is 6.29 Å². The highest BCUT2D eigenvalue weighted by Gasteiger charge is 2.14. The highest BCUT2D eigenvalue weighted by molar-refractivity contribution is 5.74. The lowest BCUT2D eigenvalue weighted by Gasteiger charge is -2.23. The molecule has 1 saturated carbocycles. The molecule has 1 aliphatic carbocycles. The molecule has 1 heterocycles. The molecule has 0 spiro atoms. The SMILES string of the molecule is O=Cc1ccn(C2CCCCC2)c1. The molecule has 2 heteroatoms. The number of rotatable bonds is 2. The number of carbonyl (C=O) groups excluding carboxylic acids is 1. The topological polar surface area (TPSA) is 22.0 Å². The number of hydrogen-bond donors (Lipinski definition) is 0. The van der Waals surface area contributed by atoms with Crippen LogP contribution < -0.4 is 0 Å². The number of nitrogens with zero attached hydrogens (tertiary/aromatic N) is 1. The first-order chi connectivity index (χ1) is 6.40. The van der Waals surface area contributed by atoms with Crippen molar-refractivity contribution in [1.29, 1.82) is 0 Å². The largest absolute Gasteiger partial charge is 0.351 e. The Kier molecular flexibility index (Phi) is 2.48. The van der Waals surface area contributed by atoms with Gasteiger partial charge in [0.2, 0.25) is 0 Å². The summed E-state index contributed by atoms with van der Waals surface area (Å²) >= 11 is 0. The van der Waals surface area contributed by atoms with Gasteiger partial charge >= 0.3 is 0 Å². The third-order valence-corrected chi connectivity index (χ3v) is 2.87. The van der Waals surface area contributed by atoms with Crippen LogP contribution in [0.2, 0.25) is 0 Å².